The molecule has 1 aliphatic rings. The number of rotatable bonds is 4. The number of nitrogens with one attached hydrogen (secondary N) is 1. The minimum Gasteiger partial charge on any atom is -0.384 e. The molecular weight excluding hydrogens is 402 g/mol. The lowest BCUT2D eigenvalue weighted by Crippen LogP contribution is -2.38. The van der Waals surface area contributed by atoms with Gasteiger partial charge < -0.3 is 10.6 Å². The average molecular weight is 432 g/mol. The van der Waals surface area contributed by atoms with Crippen LogP contribution in [-0.4, -0.2) is 36.4 Å². The Morgan fingerprint density at radius 1 is 1.10 bits per heavy atom. The topological polar surface area (TPSA) is 118 Å². The van der Waals surface area contributed by atoms with Gasteiger partial charge in [0.2, 0.25) is 0 Å². The van der Waals surface area contributed by atoms with Gasteiger partial charge in [0, 0.05) is 23.2 Å². The van der Waals surface area contributed by atoms with E-state index in [1.54, 1.807) is 12.1 Å². The maximum absolute atomic E-state index is 13.1. The monoisotopic (exact) mass is 431 g/mol. The summed E-state index contributed by atoms with van der Waals surface area (Å²) in [6, 6.07) is 8.05. The highest BCUT2D eigenvalue weighted by molar-refractivity contribution is 7.90. The fourth-order valence-electron chi connectivity index (χ4n) is 3.66. The van der Waals surface area contributed by atoms with E-state index in [4.69, 9.17) is 10.7 Å². The summed E-state index contributed by atoms with van der Waals surface area (Å²) in [6.07, 6.45) is 1.96. The summed E-state index contributed by atoms with van der Waals surface area (Å²) in [7, 11) is -4.17. The standard InChI is InChI=1S/C21H29N5O3S/c1-13-9-10-14(2)26(13)19-15(11-12-16(23-19)21(3,4)5)20(27)25-30(28,29)18-8-6-7-17(22)24-18/h6-8,11-14H,9-10H2,1-5H3,(H2,22,24)(H,25,27)/t13-,14+. The summed E-state index contributed by atoms with van der Waals surface area (Å²) in [5.41, 5.74) is 6.42. The molecule has 0 aliphatic carbocycles. The van der Waals surface area contributed by atoms with Crippen molar-refractivity contribution in [3.05, 3.63) is 41.6 Å². The molecule has 3 N–H and O–H groups in total. The number of nitrogen functional groups attached to an aromatic ring is 1. The van der Waals surface area contributed by atoms with Crippen LogP contribution < -0.4 is 15.4 Å². The van der Waals surface area contributed by atoms with E-state index in [1.165, 1.54) is 18.2 Å². The number of carbonyl (C=O) groups excluding carboxylic acids is 1. The molecule has 1 fully saturated rings. The number of nitrogens with zero attached hydrogens (tertiary/aromatic N) is 3. The lowest BCUT2D eigenvalue weighted by atomic mass is 9.91. The average Bonchev–Trinajstić information content (AvgIpc) is 2.98. The fraction of sp³-hybridized carbons (Fsp3) is 0.476. The first-order valence-electron chi connectivity index (χ1n) is 9.99. The van der Waals surface area contributed by atoms with Crippen LogP contribution >= 0.6 is 0 Å². The molecule has 3 rings (SSSR count). The van der Waals surface area contributed by atoms with Crippen LogP contribution in [-0.2, 0) is 15.4 Å². The van der Waals surface area contributed by atoms with Crippen LogP contribution in [0.5, 0.6) is 0 Å². The smallest absolute Gasteiger partial charge is 0.281 e. The summed E-state index contributed by atoms with van der Waals surface area (Å²) in [5, 5.41) is -0.306. The summed E-state index contributed by atoms with van der Waals surface area (Å²) in [5.74, 6) is -0.177. The summed E-state index contributed by atoms with van der Waals surface area (Å²) < 4.78 is 27.5. The molecule has 162 valence electrons. The summed E-state index contributed by atoms with van der Waals surface area (Å²) in [4.78, 5) is 23.8. The van der Waals surface area contributed by atoms with Crippen molar-refractivity contribution in [3.8, 4) is 0 Å². The number of hydrogen-bond acceptors (Lipinski definition) is 7. The van der Waals surface area contributed by atoms with E-state index in [9.17, 15) is 13.2 Å². The molecule has 0 spiro atoms. The van der Waals surface area contributed by atoms with Crippen LogP contribution in [0.2, 0.25) is 0 Å². The molecule has 9 heteroatoms. The maximum Gasteiger partial charge on any atom is 0.281 e. The molecule has 2 aromatic rings. The molecule has 8 nitrogen and oxygen atoms in total. The summed E-state index contributed by atoms with van der Waals surface area (Å²) in [6.45, 7) is 10.3. The molecule has 2 aromatic heterocycles. The van der Waals surface area contributed by atoms with Crippen LogP contribution in [0.1, 0.15) is 63.5 Å². The molecule has 0 aromatic carbocycles. The second kappa shape index (κ2) is 7.86. The molecule has 0 saturated carbocycles. The van der Waals surface area contributed by atoms with E-state index in [0.29, 0.717) is 5.82 Å². The maximum atomic E-state index is 13.1. The Bertz CT molecular complexity index is 1050. The first kappa shape index (κ1) is 22.0. The molecule has 3 heterocycles. The van der Waals surface area contributed by atoms with Crippen LogP contribution in [0.3, 0.4) is 0 Å². The minimum absolute atomic E-state index is 0.0573. The van der Waals surface area contributed by atoms with Gasteiger partial charge in [-0.05, 0) is 51.0 Å². The Labute approximate surface area is 178 Å². The SMILES string of the molecule is C[C@@H]1CC[C@H](C)N1c1nc(C(C)(C)C)ccc1C(=O)NS(=O)(=O)c1cccc(N)n1. The fourth-order valence-corrected chi connectivity index (χ4v) is 4.60. The van der Waals surface area contributed by atoms with Crippen molar-refractivity contribution in [1.29, 1.82) is 0 Å². The number of sulfonamides is 1. The number of carbonyl (C=O) groups is 1. The van der Waals surface area contributed by atoms with Crippen LogP contribution in [0.25, 0.3) is 0 Å². The Balaban J connectivity index is 2.03. The molecule has 1 saturated heterocycles. The lowest BCUT2D eigenvalue weighted by molar-refractivity contribution is 0.0981. The minimum atomic E-state index is -4.17. The van der Waals surface area contributed by atoms with Crippen molar-refractivity contribution in [2.24, 2.45) is 0 Å². The van der Waals surface area contributed by atoms with Crippen LogP contribution in [0, 0.1) is 0 Å². The van der Waals surface area contributed by atoms with Crippen molar-refractivity contribution in [1.82, 2.24) is 14.7 Å². The molecule has 2 atom stereocenters. The van der Waals surface area contributed by atoms with E-state index < -0.39 is 15.9 Å². The molecule has 0 bridgehead atoms. The highest BCUT2D eigenvalue weighted by Crippen LogP contribution is 2.33. The largest absolute Gasteiger partial charge is 0.384 e. The van der Waals surface area contributed by atoms with E-state index in [-0.39, 0.29) is 33.9 Å². The zero-order valence-electron chi connectivity index (χ0n) is 18.0. The first-order valence-corrected chi connectivity index (χ1v) is 11.5. The van der Waals surface area contributed by atoms with Crippen LogP contribution in [0.15, 0.2) is 35.4 Å². The number of hydrogen-bond donors (Lipinski definition) is 2. The van der Waals surface area contributed by atoms with E-state index in [1.807, 2.05) is 20.8 Å². The van der Waals surface area contributed by atoms with E-state index >= 15 is 0 Å². The lowest BCUT2D eigenvalue weighted by Gasteiger charge is -2.31. The van der Waals surface area contributed by atoms with Gasteiger partial charge in [-0.1, -0.05) is 26.8 Å². The molecule has 30 heavy (non-hydrogen) atoms. The van der Waals surface area contributed by atoms with Crippen LogP contribution in [0.4, 0.5) is 11.6 Å². The Morgan fingerprint density at radius 2 is 1.73 bits per heavy atom. The number of nitrogens with two attached hydrogens (primary N) is 1. The number of pyridine rings is 2. The zero-order chi connectivity index (χ0) is 22.3. The quantitative estimate of drug-likeness (QED) is 0.764. The molecule has 0 unspecified atom stereocenters. The second-order valence-electron chi connectivity index (χ2n) is 8.84. The highest BCUT2D eigenvalue weighted by Gasteiger charge is 2.33. The van der Waals surface area contributed by atoms with Crippen molar-refractivity contribution < 1.29 is 13.2 Å². The summed E-state index contributed by atoms with van der Waals surface area (Å²) >= 11 is 0. The highest BCUT2D eigenvalue weighted by atomic mass is 32.2. The predicted molar refractivity (Wildman–Crippen MR) is 117 cm³/mol. The zero-order valence-corrected chi connectivity index (χ0v) is 18.8. The second-order valence-corrected chi connectivity index (χ2v) is 10.5. The molecular formula is C21H29N5O3S. The van der Waals surface area contributed by atoms with Gasteiger partial charge in [0.05, 0.1) is 5.56 Å². The van der Waals surface area contributed by atoms with Gasteiger partial charge in [0.1, 0.15) is 11.6 Å². The van der Waals surface area contributed by atoms with Crippen molar-refractivity contribution in [2.45, 2.75) is 70.0 Å². The van der Waals surface area contributed by atoms with E-state index in [0.717, 1.165) is 18.5 Å². The van der Waals surface area contributed by atoms with Gasteiger partial charge >= 0.3 is 0 Å². The number of anilines is 2. The third-order valence-electron chi connectivity index (χ3n) is 5.33. The van der Waals surface area contributed by atoms with Crippen molar-refractivity contribution >= 4 is 27.6 Å². The van der Waals surface area contributed by atoms with Gasteiger partial charge in [-0.25, -0.2) is 14.7 Å². The Kier molecular flexibility index (Phi) is 5.77. The molecule has 1 aliphatic heterocycles. The van der Waals surface area contributed by atoms with Crippen molar-refractivity contribution in [2.75, 3.05) is 10.6 Å². The van der Waals surface area contributed by atoms with Gasteiger partial charge in [0.15, 0.2) is 5.03 Å². The molecule has 0 radical (unpaired) electrons. The van der Waals surface area contributed by atoms with Crippen molar-refractivity contribution in [3.63, 3.8) is 0 Å². The normalized spacial score (nSPS) is 19.7. The van der Waals surface area contributed by atoms with Gasteiger partial charge in [-0.15, -0.1) is 0 Å². The predicted octanol–water partition coefficient (Wildman–Crippen LogP) is 2.85. The third kappa shape index (κ3) is 4.40. The molecule has 1 amide bonds. The Hall–Kier alpha value is -2.68. The van der Waals surface area contributed by atoms with Gasteiger partial charge in [-0.2, -0.15) is 8.42 Å². The number of aromatic nitrogens is 2. The third-order valence-corrected chi connectivity index (χ3v) is 6.56. The Morgan fingerprint density at radius 3 is 2.30 bits per heavy atom. The number of amides is 1. The van der Waals surface area contributed by atoms with E-state index in [2.05, 4.69) is 28.5 Å². The van der Waals surface area contributed by atoms with Gasteiger partial charge in [-0.3, -0.25) is 4.79 Å². The van der Waals surface area contributed by atoms with Gasteiger partial charge in [0.25, 0.3) is 15.9 Å². The first-order chi connectivity index (χ1) is 13.9.